The lowest BCUT2D eigenvalue weighted by Gasteiger charge is -2.08. The zero-order chi connectivity index (χ0) is 16.5. The first-order chi connectivity index (χ1) is 11.2. The first-order valence-corrected chi connectivity index (χ1v) is 8.22. The topological polar surface area (TPSA) is 54.0 Å². The van der Waals surface area contributed by atoms with Gasteiger partial charge in [0.25, 0.3) is 0 Å². The Morgan fingerprint density at radius 2 is 1.87 bits per heavy atom. The minimum Gasteiger partial charge on any atom is -0.384 e. The number of nitrogens with one attached hydrogen (secondary N) is 2. The van der Waals surface area contributed by atoms with Gasteiger partial charge in [0.2, 0.25) is 5.91 Å². The molecule has 0 radical (unpaired) electrons. The van der Waals surface area contributed by atoms with Gasteiger partial charge in [-0.15, -0.1) is 0 Å². The van der Waals surface area contributed by atoms with Crippen LogP contribution in [0.3, 0.4) is 0 Å². The molecule has 0 aliphatic heterocycles. The van der Waals surface area contributed by atoms with Crippen LogP contribution in [0.15, 0.2) is 42.6 Å². The Bertz CT molecular complexity index is 606. The largest absolute Gasteiger partial charge is 0.384 e. The maximum absolute atomic E-state index is 12.0. The monoisotopic (exact) mass is 311 g/mol. The minimum absolute atomic E-state index is 0.0509. The number of anilines is 2. The Kier molecular flexibility index (Phi) is 6.60. The maximum atomic E-state index is 12.0. The van der Waals surface area contributed by atoms with E-state index < -0.39 is 0 Å². The Morgan fingerprint density at radius 1 is 1.09 bits per heavy atom. The zero-order valence-corrected chi connectivity index (χ0v) is 13.9. The SMILES string of the molecule is CCCCCNc1ccc(NC(=O)Cc2ccc(C)cc2)nc1. The van der Waals surface area contributed by atoms with Gasteiger partial charge in [-0.3, -0.25) is 4.79 Å². The van der Waals surface area contributed by atoms with Crippen LogP contribution >= 0.6 is 0 Å². The van der Waals surface area contributed by atoms with E-state index in [0.717, 1.165) is 24.2 Å². The third kappa shape index (κ3) is 6.10. The molecule has 0 spiro atoms. The van der Waals surface area contributed by atoms with Gasteiger partial charge in [0.1, 0.15) is 5.82 Å². The molecule has 4 nitrogen and oxygen atoms in total. The van der Waals surface area contributed by atoms with E-state index in [2.05, 4.69) is 22.5 Å². The number of hydrogen-bond donors (Lipinski definition) is 2. The summed E-state index contributed by atoms with van der Waals surface area (Å²) in [6, 6.07) is 11.8. The minimum atomic E-state index is -0.0509. The molecule has 122 valence electrons. The van der Waals surface area contributed by atoms with Crippen molar-refractivity contribution in [3.63, 3.8) is 0 Å². The van der Waals surface area contributed by atoms with Gasteiger partial charge in [-0.2, -0.15) is 0 Å². The van der Waals surface area contributed by atoms with Crippen molar-refractivity contribution in [1.82, 2.24) is 4.98 Å². The van der Waals surface area contributed by atoms with Gasteiger partial charge in [0.05, 0.1) is 18.3 Å². The van der Waals surface area contributed by atoms with E-state index in [1.807, 2.05) is 43.3 Å². The predicted molar refractivity (Wildman–Crippen MR) is 95.8 cm³/mol. The molecule has 1 aromatic carbocycles. The summed E-state index contributed by atoms with van der Waals surface area (Å²) in [5.74, 6) is 0.534. The molecule has 0 aliphatic carbocycles. The van der Waals surface area contributed by atoms with Crippen molar-refractivity contribution in [2.45, 2.75) is 39.5 Å². The van der Waals surface area contributed by atoms with E-state index >= 15 is 0 Å². The Balaban J connectivity index is 1.80. The molecule has 2 N–H and O–H groups in total. The maximum Gasteiger partial charge on any atom is 0.229 e. The molecule has 0 saturated heterocycles. The van der Waals surface area contributed by atoms with E-state index in [9.17, 15) is 4.79 Å². The van der Waals surface area contributed by atoms with Crippen molar-refractivity contribution in [3.05, 3.63) is 53.7 Å². The predicted octanol–water partition coefficient (Wildman–Crippen LogP) is 4.17. The van der Waals surface area contributed by atoms with E-state index in [-0.39, 0.29) is 5.91 Å². The molecular weight excluding hydrogens is 286 g/mol. The van der Waals surface area contributed by atoms with Gasteiger partial charge < -0.3 is 10.6 Å². The summed E-state index contributed by atoms with van der Waals surface area (Å²) in [4.78, 5) is 16.3. The summed E-state index contributed by atoms with van der Waals surface area (Å²) in [5, 5.41) is 6.16. The van der Waals surface area contributed by atoms with Crippen molar-refractivity contribution < 1.29 is 4.79 Å². The van der Waals surface area contributed by atoms with Crippen LogP contribution in [0.2, 0.25) is 0 Å². The Labute approximate surface area is 138 Å². The summed E-state index contributed by atoms with van der Waals surface area (Å²) in [6.45, 7) is 5.18. The summed E-state index contributed by atoms with van der Waals surface area (Å²) in [6.07, 6.45) is 5.72. The number of benzene rings is 1. The van der Waals surface area contributed by atoms with Crippen LogP contribution in [0.5, 0.6) is 0 Å². The van der Waals surface area contributed by atoms with Gasteiger partial charge in [-0.25, -0.2) is 4.98 Å². The number of amides is 1. The second-order valence-electron chi connectivity index (χ2n) is 5.78. The lowest BCUT2D eigenvalue weighted by atomic mass is 10.1. The molecule has 0 unspecified atom stereocenters. The number of nitrogens with zero attached hydrogens (tertiary/aromatic N) is 1. The smallest absolute Gasteiger partial charge is 0.229 e. The van der Waals surface area contributed by atoms with Crippen molar-refractivity contribution >= 4 is 17.4 Å². The Hall–Kier alpha value is -2.36. The highest BCUT2D eigenvalue weighted by atomic mass is 16.1. The molecule has 0 fully saturated rings. The molecule has 0 bridgehead atoms. The van der Waals surface area contributed by atoms with Gasteiger partial charge in [0.15, 0.2) is 0 Å². The molecule has 0 aliphatic rings. The molecule has 2 aromatic rings. The van der Waals surface area contributed by atoms with Crippen LogP contribution in [-0.4, -0.2) is 17.4 Å². The highest BCUT2D eigenvalue weighted by Crippen LogP contribution is 2.11. The summed E-state index contributed by atoms with van der Waals surface area (Å²) in [5.41, 5.74) is 3.18. The lowest BCUT2D eigenvalue weighted by Crippen LogP contribution is -2.15. The van der Waals surface area contributed by atoms with Gasteiger partial charge in [-0.1, -0.05) is 49.6 Å². The Morgan fingerprint density at radius 3 is 2.52 bits per heavy atom. The molecule has 0 atom stereocenters. The zero-order valence-electron chi connectivity index (χ0n) is 13.9. The number of unbranched alkanes of at least 4 members (excludes halogenated alkanes) is 2. The number of pyridine rings is 1. The van der Waals surface area contributed by atoms with Crippen molar-refractivity contribution in [1.29, 1.82) is 0 Å². The second kappa shape index (κ2) is 8.93. The van der Waals surface area contributed by atoms with E-state index in [1.165, 1.54) is 18.4 Å². The van der Waals surface area contributed by atoms with Crippen molar-refractivity contribution in [2.24, 2.45) is 0 Å². The number of hydrogen-bond acceptors (Lipinski definition) is 3. The van der Waals surface area contributed by atoms with E-state index in [1.54, 1.807) is 6.20 Å². The third-order valence-corrected chi connectivity index (χ3v) is 3.63. The van der Waals surface area contributed by atoms with E-state index in [4.69, 9.17) is 0 Å². The summed E-state index contributed by atoms with van der Waals surface area (Å²) < 4.78 is 0. The van der Waals surface area contributed by atoms with Crippen LogP contribution in [0.25, 0.3) is 0 Å². The quantitative estimate of drug-likeness (QED) is 0.719. The number of rotatable bonds is 8. The fraction of sp³-hybridized carbons (Fsp3) is 0.368. The highest BCUT2D eigenvalue weighted by Gasteiger charge is 2.05. The number of aromatic nitrogens is 1. The van der Waals surface area contributed by atoms with Crippen LogP contribution in [0.4, 0.5) is 11.5 Å². The van der Waals surface area contributed by atoms with Crippen molar-refractivity contribution in [2.75, 3.05) is 17.2 Å². The second-order valence-corrected chi connectivity index (χ2v) is 5.78. The van der Waals surface area contributed by atoms with Gasteiger partial charge in [0, 0.05) is 6.54 Å². The first-order valence-electron chi connectivity index (χ1n) is 8.22. The van der Waals surface area contributed by atoms with Crippen LogP contribution in [0, 0.1) is 6.92 Å². The highest BCUT2D eigenvalue weighted by molar-refractivity contribution is 5.91. The molecular formula is C19H25N3O. The average molecular weight is 311 g/mol. The lowest BCUT2D eigenvalue weighted by molar-refractivity contribution is -0.115. The van der Waals surface area contributed by atoms with Crippen LogP contribution in [0.1, 0.15) is 37.3 Å². The molecule has 1 aromatic heterocycles. The normalized spacial score (nSPS) is 10.3. The van der Waals surface area contributed by atoms with E-state index in [0.29, 0.717) is 12.2 Å². The number of aryl methyl sites for hydroxylation is 1. The first kappa shape index (κ1) is 17.0. The standard InChI is InChI=1S/C19H25N3O/c1-3-4-5-12-20-17-10-11-18(21-14-17)22-19(23)13-16-8-6-15(2)7-9-16/h6-11,14,20H,3-5,12-13H2,1-2H3,(H,21,22,23). The molecule has 23 heavy (non-hydrogen) atoms. The third-order valence-electron chi connectivity index (χ3n) is 3.63. The fourth-order valence-electron chi connectivity index (χ4n) is 2.26. The summed E-state index contributed by atoms with van der Waals surface area (Å²) >= 11 is 0. The number of carbonyl (C=O) groups excluding carboxylic acids is 1. The van der Waals surface area contributed by atoms with Gasteiger partial charge >= 0.3 is 0 Å². The van der Waals surface area contributed by atoms with Crippen LogP contribution < -0.4 is 10.6 Å². The van der Waals surface area contributed by atoms with Crippen LogP contribution in [-0.2, 0) is 11.2 Å². The fourth-order valence-corrected chi connectivity index (χ4v) is 2.26. The summed E-state index contributed by atoms with van der Waals surface area (Å²) in [7, 11) is 0. The van der Waals surface area contributed by atoms with Crippen molar-refractivity contribution in [3.8, 4) is 0 Å². The average Bonchev–Trinajstić information content (AvgIpc) is 2.55. The molecule has 2 rings (SSSR count). The molecule has 0 saturated carbocycles. The molecule has 4 heteroatoms. The molecule has 1 heterocycles. The molecule has 1 amide bonds. The van der Waals surface area contributed by atoms with Gasteiger partial charge in [-0.05, 0) is 31.0 Å². The number of carbonyl (C=O) groups is 1.